The van der Waals surface area contributed by atoms with Crippen molar-refractivity contribution in [3.8, 4) is 0 Å². The van der Waals surface area contributed by atoms with Crippen molar-refractivity contribution in [2.24, 2.45) is 0 Å². The number of fused-ring (bicyclic) bond motifs is 1. The summed E-state index contributed by atoms with van der Waals surface area (Å²) in [5.41, 5.74) is 1.84. The van der Waals surface area contributed by atoms with Gasteiger partial charge in [-0.3, -0.25) is 19.3 Å². The lowest BCUT2D eigenvalue weighted by molar-refractivity contribution is -0.120. The average molecular weight is 260 g/mol. The summed E-state index contributed by atoms with van der Waals surface area (Å²) >= 11 is 0. The molecule has 5 heteroatoms. The number of aryl methyl sites for hydroxylation is 1. The SMILES string of the molecule is CCC(=O)NCCN1C(=O)c2ccc(C)cc2C1=O. The molecule has 19 heavy (non-hydrogen) atoms. The molecule has 0 saturated carbocycles. The highest BCUT2D eigenvalue weighted by Gasteiger charge is 2.34. The summed E-state index contributed by atoms with van der Waals surface area (Å²) in [6, 6.07) is 5.21. The molecular weight excluding hydrogens is 244 g/mol. The van der Waals surface area contributed by atoms with Crippen molar-refractivity contribution < 1.29 is 14.4 Å². The predicted molar refractivity (Wildman–Crippen MR) is 69.8 cm³/mol. The molecule has 0 atom stereocenters. The molecule has 3 amide bonds. The van der Waals surface area contributed by atoms with Gasteiger partial charge in [0.25, 0.3) is 11.8 Å². The smallest absolute Gasteiger partial charge is 0.261 e. The van der Waals surface area contributed by atoms with Gasteiger partial charge in [0, 0.05) is 19.5 Å². The van der Waals surface area contributed by atoms with Gasteiger partial charge in [0.1, 0.15) is 0 Å². The molecule has 1 aromatic carbocycles. The van der Waals surface area contributed by atoms with Crippen LogP contribution in [0.1, 0.15) is 39.6 Å². The van der Waals surface area contributed by atoms with Gasteiger partial charge in [-0.15, -0.1) is 0 Å². The molecule has 100 valence electrons. The standard InChI is InChI=1S/C14H16N2O3/c1-3-12(17)15-6-7-16-13(18)10-5-4-9(2)8-11(10)14(16)19/h4-5,8H,3,6-7H2,1-2H3,(H,15,17). The fraction of sp³-hybridized carbons (Fsp3) is 0.357. The Labute approximate surface area is 111 Å². The Morgan fingerprint density at radius 3 is 2.58 bits per heavy atom. The Kier molecular flexibility index (Phi) is 3.64. The van der Waals surface area contributed by atoms with Crippen LogP contribution >= 0.6 is 0 Å². The van der Waals surface area contributed by atoms with Crippen LogP contribution in [0.25, 0.3) is 0 Å². The number of hydrogen-bond acceptors (Lipinski definition) is 3. The van der Waals surface area contributed by atoms with E-state index in [1.165, 1.54) is 4.90 Å². The van der Waals surface area contributed by atoms with E-state index in [1.54, 1.807) is 19.1 Å². The molecule has 0 radical (unpaired) electrons. The largest absolute Gasteiger partial charge is 0.354 e. The summed E-state index contributed by atoms with van der Waals surface area (Å²) in [4.78, 5) is 36.4. The van der Waals surface area contributed by atoms with E-state index in [-0.39, 0.29) is 30.8 Å². The molecule has 0 spiro atoms. The Balaban J connectivity index is 2.08. The summed E-state index contributed by atoms with van der Waals surface area (Å²) in [6.45, 7) is 4.12. The second-order valence-electron chi connectivity index (χ2n) is 4.51. The fourth-order valence-corrected chi connectivity index (χ4v) is 2.04. The number of carbonyl (C=O) groups is 3. The van der Waals surface area contributed by atoms with Crippen LogP contribution in [0.5, 0.6) is 0 Å². The van der Waals surface area contributed by atoms with E-state index in [4.69, 9.17) is 0 Å². The van der Waals surface area contributed by atoms with Crippen molar-refractivity contribution in [1.82, 2.24) is 10.2 Å². The van der Waals surface area contributed by atoms with Crippen molar-refractivity contribution in [2.75, 3.05) is 13.1 Å². The molecule has 1 heterocycles. The van der Waals surface area contributed by atoms with Crippen LogP contribution in [0.3, 0.4) is 0 Å². The number of nitrogens with zero attached hydrogens (tertiary/aromatic N) is 1. The second-order valence-corrected chi connectivity index (χ2v) is 4.51. The van der Waals surface area contributed by atoms with E-state index in [0.29, 0.717) is 17.5 Å². The Hall–Kier alpha value is -2.17. The molecular formula is C14H16N2O3. The zero-order valence-corrected chi connectivity index (χ0v) is 11.0. The maximum atomic E-state index is 12.1. The number of amides is 3. The molecule has 0 unspecified atom stereocenters. The van der Waals surface area contributed by atoms with Crippen LogP contribution in [-0.4, -0.2) is 35.7 Å². The zero-order valence-electron chi connectivity index (χ0n) is 11.0. The number of hydrogen-bond donors (Lipinski definition) is 1. The molecule has 1 aromatic rings. The number of benzene rings is 1. The van der Waals surface area contributed by atoms with Crippen molar-refractivity contribution >= 4 is 17.7 Å². The third-order valence-corrected chi connectivity index (χ3v) is 3.10. The van der Waals surface area contributed by atoms with Gasteiger partial charge < -0.3 is 5.32 Å². The van der Waals surface area contributed by atoms with Gasteiger partial charge in [-0.25, -0.2) is 0 Å². The molecule has 1 aliphatic rings. The molecule has 1 aliphatic heterocycles. The van der Waals surface area contributed by atoms with Gasteiger partial charge in [-0.1, -0.05) is 18.6 Å². The molecule has 2 rings (SSSR count). The van der Waals surface area contributed by atoms with Gasteiger partial charge in [-0.05, 0) is 19.1 Å². The quantitative estimate of drug-likeness (QED) is 0.825. The first kappa shape index (κ1) is 13.3. The predicted octanol–water partition coefficient (Wildman–Crippen LogP) is 1.12. The number of imide groups is 1. The Bertz CT molecular complexity index is 552. The minimum Gasteiger partial charge on any atom is -0.354 e. The first-order chi connectivity index (χ1) is 9.04. The average Bonchev–Trinajstić information content (AvgIpc) is 2.63. The van der Waals surface area contributed by atoms with Crippen LogP contribution in [0, 0.1) is 6.92 Å². The van der Waals surface area contributed by atoms with Crippen LogP contribution in [0.15, 0.2) is 18.2 Å². The first-order valence-electron chi connectivity index (χ1n) is 6.28. The van der Waals surface area contributed by atoms with Crippen molar-refractivity contribution in [3.63, 3.8) is 0 Å². The van der Waals surface area contributed by atoms with Crippen molar-refractivity contribution in [2.45, 2.75) is 20.3 Å². The maximum Gasteiger partial charge on any atom is 0.261 e. The summed E-state index contributed by atoms with van der Waals surface area (Å²) in [6.07, 6.45) is 0.390. The summed E-state index contributed by atoms with van der Waals surface area (Å²) in [7, 11) is 0. The van der Waals surface area contributed by atoms with Crippen LogP contribution in [0.2, 0.25) is 0 Å². The zero-order chi connectivity index (χ0) is 14.0. The monoisotopic (exact) mass is 260 g/mol. The van der Waals surface area contributed by atoms with E-state index in [1.807, 2.05) is 13.0 Å². The Morgan fingerprint density at radius 2 is 1.89 bits per heavy atom. The first-order valence-corrected chi connectivity index (χ1v) is 6.28. The molecule has 0 bridgehead atoms. The molecule has 0 aromatic heterocycles. The number of nitrogens with one attached hydrogen (secondary N) is 1. The molecule has 1 N–H and O–H groups in total. The van der Waals surface area contributed by atoms with E-state index in [9.17, 15) is 14.4 Å². The summed E-state index contributed by atoms with van der Waals surface area (Å²) in [5, 5.41) is 2.65. The van der Waals surface area contributed by atoms with Crippen molar-refractivity contribution in [1.29, 1.82) is 0 Å². The van der Waals surface area contributed by atoms with E-state index >= 15 is 0 Å². The van der Waals surface area contributed by atoms with Gasteiger partial charge in [0.05, 0.1) is 11.1 Å². The van der Waals surface area contributed by atoms with E-state index in [0.717, 1.165) is 5.56 Å². The lowest BCUT2D eigenvalue weighted by Crippen LogP contribution is -2.37. The number of carbonyl (C=O) groups excluding carboxylic acids is 3. The highest BCUT2D eigenvalue weighted by Crippen LogP contribution is 2.23. The normalized spacial score (nSPS) is 13.7. The maximum absolute atomic E-state index is 12.1. The van der Waals surface area contributed by atoms with Crippen LogP contribution in [-0.2, 0) is 4.79 Å². The highest BCUT2D eigenvalue weighted by molar-refractivity contribution is 6.21. The van der Waals surface area contributed by atoms with Gasteiger partial charge in [0.15, 0.2) is 0 Å². The third kappa shape index (κ3) is 2.50. The third-order valence-electron chi connectivity index (χ3n) is 3.10. The molecule has 5 nitrogen and oxygen atoms in total. The van der Waals surface area contributed by atoms with Gasteiger partial charge in [0.2, 0.25) is 5.91 Å². The van der Waals surface area contributed by atoms with E-state index < -0.39 is 0 Å². The minimum absolute atomic E-state index is 0.0903. The van der Waals surface area contributed by atoms with Gasteiger partial charge in [-0.2, -0.15) is 0 Å². The summed E-state index contributed by atoms with van der Waals surface area (Å²) in [5.74, 6) is -0.660. The lowest BCUT2D eigenvalue weighted by atomic mass is 10.1. The van der Waals surface area contributed by atoms with Crippen LogP contribution in [0.4, 0.5) is 0 Å². The lowest BCUT2D eigenvalue weighted by Gasteiger charge is -2.13. The highest BCUT2D eigenvalue weighted by atomic mass is 16.2. The van der Waals surface area contributed by atoms with Crippen molar-refractivity contribution in [3.05, 3.63) is 34.9 Å². The van der Waals surface area contributed by atoms with Gasteiger partial charge >= 0.3 is 0 Å². The Morgan fingerprint density at radius 1 is 1.21 bits per heavy atom. The topological polar surface area (TPSA) is 66.5 Å². The summed E-state index contributed by atoms with van der Waals surface area (Å²) < 4.78 is 0. The molecule has 0 fully saturated rings. The number of rotatable bonds is 4. The van der Waals surface area contributed by atoms with Crippen LogP contribution < -0.4 is 5.32 Å². The molecule has 0 aliphatic carbocycles. The fourth-order valence-electron chi connectivity index (χ4n) is 2.04. The minimum atomic E-state index is -0.286. The van der Waals surface area contributed by atoms with E-state index in [2.05, 4.69) is 5.32 Å². The second kappa shape index (κ2) is 5.22. The molecule has 0 saturated heterocycles.